The number of hydrogen-bond acceptors (Lipinski definition) is 4. The number of carbonyl (C=O) groups excluding carboxylic acids is 1. The van der Waals surface area contributed by atoms with Crippen molar-refractivity contribution in [2.24, 2.45) is 5.10 Å². The van der Waals surface area contributed by atoms with Crippen LogP contribution in [0.4, 0.5) is 5.69 Å². The average Bonchev–Trinajstić information content (AvgIpc) is 3.29. The second-order valence-corrected chi connectivity index (χ2v) is 7.86. The van der Waals surface area contributed by atoms with Crippen LogP contribution >= 0.6 is 27.5 Å². The predicted octanol–water partition coefficient (Wildman–Crippen LogP) is 5.87. The van der Waals surface area contributed by atoms with Gasteiger partial charge in [0.05, 0.1) is 27.6 Å². The van der Waals surface area contributed by atoms with E-state index in [0.717, 1.165) is 4.47 Å². The molecule has 150 valence electrons. The summed E-state index contributed by atoms with van der Waals surface area (Å²) in [6, 6.07) is 15.3. The lowest BCUT2D eigenvalue weighted by Gasteiger charge is -2.11. The van der Waals surface area contributed by atoms with Crippen molar-refractivity contribution >= 4 is 56.9 Å². The zero-order chi connectivity index (χ0) is 21.4. The van der Waals surface area contributed by atoms with Crippen molar-refractivity contribution in [3.63, 3.8) is 0 Å². The van der Waals surface area contributed by atoms with Gasteiger partial charge >= 0.3 is 5.97 Å². The molecule has 2 heterocycles. The molecule has 0 radical (unpaired) electrons. The summed E-state index contributed by atoms with van der Waals surface area (Å²) >= 11 is 9.30. The van der Waals surface area contributed by atoms with Crippen molar-refractivity contribution in [3.05, 3.63) is 81.0 Å². The van der Waals surface area contributed by atoms with Crippen molar-refractivity contribution in [3.8, 4) is 11.3 Å². The van der Waals surface area contributed by atoms with Crippen LogP contribution in [0.2, 0.25) is 5.02 Å². The van der Waals surface area contributed by atoms with E-state index in [-0.39, 0.29) is 16.5 Å². The second kappa shape index (κ2) is 7.93. The number of furan rings is 1. The fourth-order valence-corrected chi connectivity index (χ4v) is 3.47. The van der Waals surface area contributed by atoms with Crippen LogP contribution in [-0.4, -0.2) is 22.7 Å². The molecule has 2 aromatic carbocycles. The first-order valence-electron chi connectivity index (χ1n) is 8.84. The number of anilines is 1. The maximum Gasteiger partial charge on any atom is 0.337 e. The van der Waals surface area contributed by atoms with E-state index >= 15 is 0 Å². The molecule has 6 nitrogen and oxygen atoms in total. The summed E-state index contributed by atoms with van der Waals surface area (Å²) in [6.07, 6.45) is 1.62. The van der Waals surface area contributed by atoms with Gasteiger partial charge in [0.2, 0.25) is 0 Å². The first-order chi connectivity index (χ1) is 14.3. The Kier molecular flexibility index (Phi) is 5.32. The molecule has 30 heavy (non-hydrogen) atoms. The second-order valence-electron chi connectivity index (χ2n) is 6.54. The van der Waals surface area contributed by atoms with Gasteiger partial charge in [0, 0.05) is 10.0 Å². The van der Waals surface area contributed by atoms with E-state index in [2.05, 4.69) is 21.0 Å². The highest BCUT2D eigenvalue weighted by Crippen LogP contribution is 2.30. The molecule has 1 amide bonds. The first kappa shape index (κ1) is 20.1. The van der Waals surface area contributed by atoms with Crippen LogP contribution in [-0.2, 0) is 4.79 Å². The highest BCUT2D eigenvalue weighted by atomic mass is 79.9. The number of nitrogens with zero attached hydrogens (tertiary/aromatic N) is 2. The highest BCUT2D eigenvalue weighted by molar-refractivity contribution is 9.10. The summed E-state index contributed by atoms with van der Waals surface area (Å²) in [6.45, 7) is 1.75. The zero-order valence-corrected chi connectivity index (χ0v) is 17.9. The lowest BCUT2D eigenvalue weighted by atomic mass is 10.1. The molecule has 0 saturated heterocycles. The van der Waals surface area contributed by atoms with Crippen LogP contribution in [0.25, 0.3) is 17.4 Å². The van der Waals surface area contributed by atoms with Crippen LogP contribution in [0.3, 0.4) is 0 Å². The van der Waals surface area contributed by atoms with Gasteiger partial charge in [-0.2, -0.15) is 10.1 Å². The van der Waals surface area contributed by atoms with Gasteiger partial charge in [0.25, 0.3) is 5.91 Å². The summed E-state index contributed by atoms with van der Waals surface area (Å²) < 4.78 is 6.72. The Hall–Kier alpha value is -3.16. The molecule has 1 aliphatic heterocycles. The van der Waals surface area contributed by atoms with Gasteiger partial charge in [0.1, 0.15) is 11.5 Å². The Morgan fingerprint density at radius 3 is 2.60 bits per heavy atom. The molecular formula is C22H14BrClN2O4. The lowest BCUT2D eigenvalue weighted by molar-refractivity contribution is -0.114. The van der Waals surface area contributed by atoms with E-state index in [0.29, 0.717) is 34.1 Å². The number of hydrogen-bond donors (Lipinski definition) is 1. The number of benzene rings is 2. The Bertz CT molecular complexity index is 1230. The zero-order valence-electron chi connectivity index (χ0n) is 15.6. The van der Waals surface area contributed by atoms with Crippen molar-refractivity contribution in [2.45, 2.75) is 6.92 Å². The quantitative estimate of drug-likeness (QED) is 0.469. The van der Waals surface area contributed by atoms with Gasteiger partial charge < -0.3 is 9.52 Å². The van der Waals surface area contributed by atoms with Gasteiger partial charge in [-0.3, -0.25) is 4.79 Å². The number of halogens is 2. The molecule has 8 heteroatoms. The van der Waals surface area contributed by atoms with E-state index in [1.54, 1.807) is 43.3 Å². The highest BCUT2D eigenvalue weighted by Gasteiger charge is 2.29. The minimum Gasteiger partial charge on any atom is -0.478 e. The molecule has 0 atom stereocenters. The summed E-state index contributed by atoms with van der Waals surface area (Å²) in [5, 5.41) is 15.1. The Labute approximate surface area is 185 Å². The van der Waals surface area contributed by atoms with Crippen molar-refractivity contribution in [1.29, 1.82) is 0 Å². The monoisotopic (exact) mass is 484 g/mol. The van der Waals surface area contributed by atoms with Crippen LogP contribution in [0, 0.1) is 0 Å². The summed E-state index contributed by atoms with van der Waals surface area (Å²) in [5.41, 5.74) is 2.21. The van der Waals surface area contributed by atoms with Gasteiger partial charge in [0.15, 0.2) is 0 Å². The van der Waals surface area contributed by atoms with Gasteiger partial charge in [-0.1, -0.05) is 27.5 Å². The molecule has 0 spiro atoms. The minimum absolute atomic E-state index is 0.00967. The first-order valence-corrected chi connectivity index (χ1v) is 10.0. The van der Waals surface area contributed by atoms with E-state index in [1.165, 1.54) is 17.1 Å². The largest absolute Gasteiger partial charge is 0.478 e. The van der Waals surface area contributed by atoms with E-state index in [4.69, 9.17) is 16.0 Å². The molecule has 1 aliphatic rings. The molecule has 4 rings (SSSR count). The summed E-state index contributed by atoms with van der Waals surface area (Å²) in [7, 11) is 0. The topological polar surface area (TPSA) is 83.1 Å². The Morgan fingerprint density at radius 1 is 1.17 bits per heavy atom. The van der Waals surface area contributed by atoms with Crippen LogP contribution in [0.5, 0.6) is 0 Å². The molecule has 0 bridgehead atoms. The molecule has 0 aliphatic carbocycles. The van der Waals surface area contributed by atoms with E-state index < -0.39 is 5.97 Å². The van der Waals surface area contributed by atoms with Crippen LogP contribution in [0.15, 0.2) is 74.2 Å². The number of aromatic carboxylic acids is 1. The molecule has 3 aromatic rings. The summed E-state index contributed by atoms with van der Waals surface area (Å²) in [4.78, 5) is 24.1. The van der Waals surface area contributed by atoms with Crippen LogP contribution < -0.4 is 5.01 Å². The van der Waals surface area contributed by atoms with Gasteiger partial charge in [-0.05, 0) is 67.6 Å². The number of amides is 1. The van der Waals surface area contributed by atoms with Crippen molar-refractivity contribution < 1.29 is 19.1 Å². The molecular weight excluding hydrogens is 472 g/mol. The Balaban J connectivity index is 1.62. The number of carboxylic acids is 1. The Morgan fingerprint density at radius 2 is 1.90 bits per heavy atom. The maximum atomic E-state index is 12.8. The minimum atomic E-state index is -1.12. The number of carboxylic acid groups (broad SMARTS) is 1. The smallest absolute Gasteiger partial charge is 0.337 e. The number of hydrazone groups is 1. The van der Waals surface area contributed by atoms with Gasteiger partial charge in [-0.15, -0.1) is 0 Å². The number of carbonyl (C=O) groups is 2. The van der Waals surface area contributed by atoms with Crippen molar-refractivity contribution in [1.82, 2.24) is 0 Å². The average molecular weight is 486 g/mol. The molecule has 0 saturated carbocycles. The fraction of sp³-hybridized carbons (Fsp3) is 0.0455. The SMILES string of the molecule is CC1=NN(c2ccc(Br)cc2)C(=O)/C1=C/c1ccc(-c2ccc(Cl)c(C(=O)O)c2)o1. The third-order valence-electron chi connectivity index (χ3n) is 4.53. The number of rotatable bonds is 4. The normalized spacial score (nSPS) is 15.0. The van der Waals surface area contributed by atoms with Gasteiger partial charge in [-0.25, -0.2) is 4.79 Å². The molecule has 0 fully saturated rings. The summed E-state index contributed by atoms with van der Waals surface area (Å²) in [5.74, 6) is -0.460. The molecule has 0 unspecified atom stereocenters. The third-order valence-corrected chi connectivity index (χ3v) is 5.39. The molecule has 1 aromatic heterocycles. The van der Waals surface area contributed by atoms with E-state index in [1.807, 2.05) is 12.1 Å². The fourth-order valence-electron chi connectivity index (χ4n) is 3.01. The lowest BCUT2D eigenvalue weighted by Crippen LogP contribution is -2.21. The van der Waals surface area contributed by atoms with Crippen LogP contribution in [0.1, 0.15) is 23.0 Å². The van der Waals surface area contributed by atoms with E-state index in [9.17, 15) is 14.7 Å². The van der Waals surface area contributed by atoms with Crippen molar-refractivity contribution in [2.75, 3.05) is 5.01 Å². The predicted molar refractivity (Wildman–Crippen MR) is 119 cm³/mol. The molecule has 1 N–H and O–H groups in total. The third kappa shape index (κ3) is 3.81. The maximum absolute atomic E-state index is 12.8. The standard InChI is InChI=1S/C22H14BrClN2O4/c1-12-17(21(27)26(25-12)15-5-3-14(23)4-6-15)11-16-7-9-20(30-16)13-2-8-19(24)18(10-13)22(28)29/h2-11H,1H3,(H,28,29)/b17-11+.